The Kier molecular flexibility index (Phi) is 8.33. The van der Waals surface area contributed by atoms with Crippen LogP contribution in [0.4, 0.5) is 4.79 Å². The van der Waals surface area contributed by atoms with E-state index in [1.165, 1.54) is 17.1 Å². The van der Waals surface area contributed by atoms with Gasteiger partial charge in [-0.15, -0.1) is 0 Å². The van der Waals surface area contributed by atoms with E-state index in [2.05, 4.69) is 60.9 Å². The molecule has 0 atom stereocenters. The number of carbonyl (C=O) groups is 2. The van der Waals surface area contributed by atoms with E-state index in [9.17, 15) is 9.59 Å². The van der Waals surface area contributed by atoms with Gasteiger partial charge in [0.15, 0.2) is 0 Å². The summed E-state index contributed by atoms with van der Waals surface area (Å²) < 4.78 is 1.61. The molecule has 29 heavy (non-hydrogen) atoms. The molecule has 8 heteroatoms. The maximum Gasteiger partial charge on any atom is 0.318 e. The number of H-pyrrole nitrogens is 2. The lowest BCUT2D eigenvalue weighted by molar-refractivity contribution is -0.122. The molecule has 0 bridgehead atoms. The monoisotopic (exact) mass is 461 g/mol. The fourth-order valence-corrected chi connectivity index (χ4v) is 2.98. The average Bonchev–Trinajstić information content (AvgIpc) is 3.46. The van der Waals surface area contributed by atoms with Crippen LogP contribution in [0.25, 0.3) is 0 Å². The van der Waals surface area contributed by atoms with Crippen molar-refractivity contribution in [2.24, 2.45) is 5.73 Å². The van der Waals surface area contributed by atoms with E-state index >= 15 is 0 Å². The summed E-state index contributed by atoms with van der Waals surface area (Å²) in [5.74, 6) is -0.375. The molecule has 0 aliphatic rings. The number of hydrogen-bond acceptors (Lipinski definition) is 2. The van der Waals surface area contributed by atoms with Crippen LogP contribution < -0.4 is 11.1 Å². The van der Waals surface area contributed by atoms with Gasteiger partial charge in [-0.25, -0.2) is 4.79 Å². The number of amides is 3. The maximum absolute atomic E-state index is 11.3. The van der Waals surface area contributed by atoms with Gasteiger partial charge < -0.3 is 20.3 Å². The van der Waals surface area contributed by atoms with Gasteiger partial charge >= 0.3 is 6.03 Å². The van der Waals surface area contributed by atoms with E-state index in [4.69, 9.17) is 5.73 Å². The predicted molar refractivity (Wildman–Crippen MR) is 118 cm³/mol. The summed E-state index contributed by atoms with van der Waals surface area (Å²) >= 11 is 3.26. The van der Waals surface area contributed by atoms with Crippen molar-refractivity contribution >= 4 is 27.9 Å². The highest BCUT2D eigenvalue weighted by molar-refractivity contribution is 9.10. The standard InChI is InChI=1S/C14H15N3.C7H13BrN2O2/c1-4-12(15-7-1)10-14-6-3-9-17(14)11-13-5-2-8-16-13;1-3-7(8,4-2)5(11)10-6(9)12/h1-9,15-16H,10-11H2;3-4H2,1-2H3,(H3,9,10,11,12). The smallest absolute Gasteiger partial charge is 0.318 e. The third-order valence-corrected chi connectivity index (χ3v) is 6.21. The molecule has 5 N–H and O–H groups in total. The van der Waals surface area contributed by atoms with Crippen molar-refractivity contribution in [1.29, 1.82) is 0 Å². The first-order valence-corrected chi connectivity index (χ1v) is 10.4. The number of nitrogens with two attached hydrogens (primary N) is 1. The SMILES string of the molecule is CCC(Br)(CC)C(=O)NC(N)=O.c1c[nH]c(Cc2cccn2Cc2ccc[nH]2)c1. The van der Waals surface area contributed by atoms with Crippen molar-refractivity contribution in [3.63, 3.8) is 0 Å². The van der Waals surface area contributed by atoms with E-state index in [1.54, 1.807) is 0 Å². The van der Waals surface area contributed by atoms with Crippen LogP contribution in [0.5, 0.6) is 0 Å². The number of halogens is 1. The molecule has 156 valence electrons. The number of urea groups is 1. The summed E-state index contributed by atoms with van der Waals surface area (Å²) in [6.07, 6.45) is 8.22. The molecule has 3 heterocycles. The summed E-state index contributed by atoms with van der Waals surface area (Å²) in [5.41, 5.74) is 8.61. The lowest BCUT2D eigenvalue weighted by atomic mass is 10.0. The van der Waals surface area contributed by atoms with Gasteiger partial charge in [0.1, 0.15) is 4.32 Å². The van der Waals surface area contributed by atoms with Gasteiger partial charge in [0.2, 0.25) is 5.91 Å². The highest BCUT2D eigenvalue weighted by Crippen LogP contribution is 2.26. The second-order valence-electron chi connectivity index (χ2n) is 6.69. The number of nitrogens with one attached hydrogen (secondary N) is 3. The molecule has 0 radical (unpaired) electrons. The Morgan fingerprint density at radius 1 is 1.07 bits per heavy atom. The van der Waals surface area contributed by atoms with Crippen LogP contribution in [0.15, 0.2) is 55.0 Å². The highest BCUT2D eigenvalue weighted by Gasteiger charge is 2.32. The third kappa shape index (κ3) is 6.67. The van der Waals surface area contributed by atoms with Crippen molar-refractivity contribution in [1.82, 2.24) is 19.9 Å². The van der Waals surface area contributed by atoms with Crippen molar-refractivity contribution in [2.75, 3.05) is 0 Å². The van der Waals surface area contributed by atoms with Gasteiger partial charge in [-0.2, -0.15) is 0 Å². The molecule has 0 aromatic carbocycles. The Labute approximate surface area is 179 Å². The Balaban J connectivity index is 0.000000223. The number of alkyl halides is 1. The normalized spacial score (nSPS) is 10.9. The summed E-state index contributed by atoms with van der Waals surface area (Å²) in [7, 11) is 0. The molecule has 0 unspecified atom stereocenters. The number of aromatic nitrogens is 3. The van der Waals surface area contributed by atoms with Gasteiger partial charge in [0.05, 0.1) is 6.54 Å². The Morgan fingerprint density at radius 3 is 2.21 bits per heavy atom. The molecule has 7 nitrogen and oxygen atoms in total. The van der Waals surface area contributed by atoms with Crippen molar-refractivity contribution < 1.29 is 9.59 Å². The third-order valence-electron chi connectivity index (χ3n) is 4.73. The highest BCUT2D eigenvalue weighted by atomic mass is 79.9. The van der Waals surface area contributed by atoms with Gasteiger partial charge in [0, 0.05) is 42.1 Å². The fourth-order valence-electron chi connectivity index (χ4n) is 2.88. The Hall–Kier alpha value is -2.74. The van der Waals surface area contributed by atoms with E-state index in [-0.39, 0.29) is 5.91 Å². The van der Waals surface area contributed by atoms with Crippen LogP contribution in [0.1, 0.15) is 43.8 Å². The van der Waals surface area contributed by atoms with E-state index in [1.807, 2.05) is 43.7 Å². The summed E-state index contributed by atoms with van der Waals surface area (Å²) in [6.45, 7) is 4.62. The van der Waals surface area contributed by atoms with Crippen LogP contribution in [0.3, 0.4) is 0 Å². The van der Waals surface area contributed by atoms with Gasteiger partial charge in [-0.1, -0.05) is 29.8 Å². The molecular formula is C21H28BrN5O2. The molecule has 0 spiro atoms. The van der Waals surface area contributed by atoms with Crippen molar-refractivity contribution in [3.05, 3.63) is 72.1 Å². The topological polar surface area (TPSA) is 109 Å². The number of primary amides is 1. The minimum atomic E-state index is -0.814. The molecule has 3 aromatic rings. The summed E-state index contributed by atoms with van der Waals surface area (Å²) in [6, 6.07) is 11.7. The minimum Gasteiger partial charge on any atom is -0.365 e. The maximum atomic E-state index is 11.3. The quantitative estimate of drug-likeness (QED) is 0.400. The molecule has 3 aromatic heterocycles. The van der Waals surface area contributed by atoms with Gasteiger partial charge in [-0.3, -0.25) is 10.1 Å². The summed E-state index contributed by atoms with van der Waals surface area (Å²) in [5, 5.41) is 2.04. The lowest BCUT2D eigenvalue weighted by Crippen LogP contribution is -2.46. The van der Waals surface area contributed by atoms with Crippen molar-refractivity contribution in [3.8, 4) is 0 Å². The minimum absolute atomic E-state index is 0.375. The molecule has 0 saturated heterocycles. The largest absolute Gasteiger partial charge is 0.365 e. The first-order chi connectivity index (χ1) is 13.9. The number of rotatable bonds is 7. The zero-order valence-electron chi connectivity index (χ0n) is 16.7. The van der Waals surface area contributed by atoms with Gasteiger partial charge in [0.25, 0.3) is 0 Å². The van der Waals surface area contributed by atoms with E-state index in [0.29, 0.717) is 12.8 Å². The van der Waals surface area contributed by atoms with Crippen LogP contribution in [-0.2, 0) is 17.8 Å². The molecule has 0 aliphatic carbocycles. The fraction of sp³-hybridized carbons (Fsp3) is 0.333. The molecule has 3 rings (SSSR count). The van der Waals surface area contributed by atoms with Crippen molar-refractivity contribution in [2.45, 2.75) is 44.0 Å². The number of nitrogens with zero attached hydrogens (tertiary/aromatic N) is 1. The zero-order valence-corrected chi connectivity index (χ0v) is 18.3. The van der Waals surface area contributed by atoms with Crippen LogP contribution in [0.2, 0.25) is 0 Å². The number of imide groups is 1. The number of hydrogen-bond donors (Lipinski definition) is 4. The second kappa shape index (κ2) is 10.7. The number of aromatic amines is 2. The molecule has 0 saturated carbocycles. The van der Waals surface area contributed by atoms with Crippen LogP contribution in [-0.4, -0.2) is 30.8 Å². The Bertz CT molecular complexity index is 829. The summed E-state index contributed by atoms with van der Waals surface area (Å²) in [4.78, 5) is 28.1. The predicted octanol–water partition coefficient (Wildman–Crippen LogP) is 3.92. The zero-order chi connectivity index (χ0) is 21.3. The van der Waals surface area contributed by atoms with Crippen LogP contribution >= 0.6 is 15.9 Å². The lowest BCUT2D eigenvalue weighted by Gasteiger charge is -2.21. The van der Waals surface area contributed by atoms with E-state index < -0.39 is 10.4 Å². The second-order valence-corrected chi connectivity index (χ2v) is 8.20. The van der Waals surface area contributed by atoms with Gasteiger partial charge in [-0.05, 0) is 49.2 Å². The molecule has 0 aliphatic heterocycles. The molecule has 3 amide bonds. The van der Waals surface area contributed by atoms with E-state index in [0.717, 1.165) is 13.0 Å². The first kappa shape index (κ1) is 22.5. The molecular weight excluding hydrogens is 434 g/mol. The van der Waals surface area contributed by atoms with Crippen LogP contribution in [0, 0.1) is 0 Å². The Morgan fingerprint density at radius 2 is 1.69 bits per heavy atom. The average molecular weight is 462 g/mol. The number of carbonyl (C=O) groups excluding carboxylic acids is 2. The molecule has 0 fully saturated rings. The first-order valence-electron chi connectivity index (χ1n) is 9.56.